The maximum atomic E-state index is 13.5. The number of nitrogens with zero attached hydrogens (tertiary/aromatic N) is 1. The first-order valence-electron chi connectivity index (χ1n) is 12.9. The number of phenolic OH excluding ortho intramolecular Hbond substituents is 1. The van der Waals surface area contributed by atoms with Gasteiger partial charge >= 0.3 is 0 Å². The van der Waals surface area contributed by atoms with Gasteiger partial charge in [-0.25, -0.2) is 0 Å². The molecule has 1 fully saturated rings. The molecule has 39 heavy (non-hydrogen) atoms. The number of amides is 1. The molecule has 1 aromatic heterocycles. The van der Waals surface area contributed by atoms with Crippen molar-refractivity contribution in [2.24, 2.45) is 0 Å². The van der Waals surface area contributed by atoms with E-state index in [0.29, 0.717) is 23.3 Å². The number of nitrogens with one attached hydrogen (secondary N) is 1. The Kier molecular flexibility index (Phi) is 6.68. The molecule has 1 amide bonds. The Morgan fingerprint density at radius 1 is 1.03 bits per heavy atom. The van der Waals surface area contributed by atoms with Crippen molar-refractivity contribution in [2.45, 2.75) is 38.6 Å². The number of carbonyl (C=O) groups is 2. The van der Waals surface area contributed by atoms with E-state index in [1.54, 1.807) is 24.3 Å². The van der Waals surface area contributed by atoms with E-state index in [-0.39, 0.29) is 29.0 Å². The van der Waals surface area contributed by atoms with Crippen molar-refractivity contribution < 1.29 is 24.5 Å². The number of benzene rings is 3. The van der Waals surface area contributed by atoms with Crippen molar-refractivity contribution in [2.75, 3.05) is 13.7 Å². The van der Waals surface area contributed by atoms with Crippen LogP contribution in [0.4, 0.5) is 0 Å². The summed E-state index contributed by atoms with van der Waals surface area (Å²) < 4.78 is 5.54. The normalized spacial score (nSPS) is 17.2. The Bertz CT molecular complexity index is 1590. The summed E-state index contributed by atoms with van der Waals surface area (Å²) in [7, 11) is 1.50. The summed E-state index contributed by atoms with van der Waals surface area (Å²) in [6.07, 6.45) is 2.42. The molecule has 5 rings (SSSR count). The second kappa shape index (κ2) is 9.98. The molecule has 3 aromatic carbocycles. The maximum Gasteiger partial charge on any atom is 0.295 e. The molecule has 0 radical (unpaired) electrons. The molecule has 2 heterocycles. The fourth-order valence-corrected chi connectivity index (χ4v) is 5.20. The Labute approximate surface area is 227 Å². The minimum absolute atomic E-state index is 0.00558. The lowest BCUT2D eigenvalue weighted by Crippen LogP contribution is -2.31. The summed E-state index contributed by atoms with van der Waals surface area (Å²) in [4.78, 5) is 31.7. The van der Waals surface area contributed by atoms with Crippen molar-refractivity contribution in [3.8, 4) is 11.5 Å². The third-order valence-corrected chi connectivity index (χ3v) is 7.37. The molecule has 7 nitrogen and oxygen atoms in total. The number of ketones is 1. The highest BCUT2D eigenvalue weighted by atomic mass is 16.5. The molecule has 0 spiro atoms. The van der Waals surface area contributed by atoms with Crippen LogP contribution in [0, 0.1) is 0 Å². The molecule has 1 aliphatic heterocycles. The van der Waals surface area contributed by atoms with Gasteiger partial charge in [0.15, 0.2) is 0 Å². The van der Waals surface area contributed by atoms with Gasteiger partial charge in [0.25, 0.3) is 11.7 Å². The number of likely N-dealkylation sites (tertiary alicyclic amines) is 1. The van der Waals surface area contributed by atoms with Crippen LogP contribution < -0.4 is 4.74 Å². The summed E-state index contributed by atoms with van der Waals surface area (Å²) in [6.45, 7) is 6.42. The number of aliphatic hydroxyl groups excluding tert-OH is 1. The fraction of sp³-hybridized carbons (Fsp3) is 0.250. The zero-order chi connectivity index (χ0) is 27.9. The topological polar surface area (TPSA) is 103 Å². The highest BCUT2D eigenvalue weighted by Gasteiger charge is 2.46. The molecule has 0 bridgehead atoms. The van der Waals surface area contributed by atoms with Gasteiger partial charge in [-0.1, -0.05) is 57.2 Å². The molecule has 7 heteroatoms. The number of hydrogen-bond acceptors (Lipinski definition) is 5. The summed E-state index contributed by atoms with van der Waals surface area (Å²) >= 11 is 0. The van der Waals surface area contributed by atoms with Gasteiger partial charge in [0.05, 0.1) is 24.3 Å². The molecule has 0 aliphatic carbocycles. The molecular formula is C32H32N2O5. The Balaban J connectivity index is 1.62. The van der Waals surface area contributed by atoms with Gasteiger partial charge in [0.2, 0.25) is 0 Å². The smallest absolute Gasteiger partial charge is 0.295 e. The number of aromatic nitrogens is 1. The van der Waals surface area contributed by atoms with E-state index in [2.05, 4.69) is 25.8 Å². The molecule has 3 N–H and O–H groups in total. The number of rotatable bonds is 6. The fourth-order valence-electron chi connectivity index (χ4n) is 5.20. The van der Waals surface area contributed by atoms with Crippen LogP contribution in [0.3, 0.4) is 0 Å². The number of aromatic amines is 1. The number of Topliss-reactive ketones (excluding diaryl/α,β-unsaturated/α-hetero) is 1. The quantitative estimate of drug-likeness (QED) is 0.167. The number of fused-ring (bicyclic) bond motifs is 1. The third-order valence-electron chi connectivity index (χ3n) is 7.37. The van der Waals surface area contributed by atoms with Gasteiger partial charge in [-0.3, -0.25) is 9.59 Å². The largest absolute Gasteiger partial charge is 0.508 e. The van der Waals surface area contributed by atoms with Crippen molar-refractivity contribution in [3.05, 3.63) is 101 Å². The first kappa shape index (κ1) is 26.1. The number of phenols is 1. The number of H-pyrrole nitrogens is 1. The zero-order valence-corrected chi connectivity index (χ0v) is 22.5. The number of aromatic hydroxyl groups is 1. The zero-order valence-electron chi connectivity index (χ0n) is 22.5. The van der Waals surface area contributed by atoms with E-state index in [1.165, 1.54) is 24.1 Å². The van der Waals surface area contributed by atoms with E-state index >= 15 is 0 Å². The predicted molar refractivity (Wildman–Crippen MR) is 151 cm³/mol. The summed E-state index contributed by atoms with van der Waals surface area (Å²) in [5.74, 6) is -1.26. The van der Waals surface area contributed by atoms with Crippen LogP contribution in [0.2, 0.25) is 0 Å². The van der Waals surface area contributed by atoms with E-state index in [1.807, 2.05) is 36.5 Å². The van der Waals surface area contributed by atoms with Gasteiger partial charge < -0.3 is 24.8 Å². The van der Waals surface area contributed by atoms with Gasteiger partial charge in [0.1, 0.15) is 17.3 Å². The maximum absolute atomic E-state index is 13.5. The average Bonchev–Trinajstić information content (AvgIpc) is 3.44. The molecule has 1 aliphatic rings. The number of methoxy groups -OCH3 is 1. The van der Waals surface area contributed by atoms with E-state index < -0.39 is 17.7 Å². The Morgan fingerprint density at radius 2 is 1.74 bits per heavy atom. The average molecular weight is 525 g/mol. The molecular weight excluding hydrogens is 492 g/mol. The third kappa shape index (κ3) is 4.76. The van der Waals surface area contributed by atoms with Crippen LogP contribution in [-0.2, 0) is 21.4 Å². The highest BCUT2D eigenvalue weighted by molar-refractivity contribution is 6.46. The number of carbonyl (C=O) groups excluding carboxylic acids is 2. The lowest BCUT2D eigenvalue weighted by atomic mass is 9.85. The monoisotopic (exact) mass is 524 g/mol. The standard InChI is InChI=1S/C32H32N2O5/c1-32(2,3)21-11-14-26(39-4)24(17-21)29(36)27-28(19-9-12-22(35)13-10-19)34(31(38)30(27)37)16-15-20-18-33-25-8-6-5-7-23(20)25/h5-14,17-18,28,33,35-36H,15-16H2,1-4H3/b29-27+. The highest BCUT2D eigenvalue weighted by Crippen LogP contribution is 2.42. The Morgan fingerprint density at radius 3 is 2.44 bits per heavy atom. The Hall–Kier alpha value is -4.52. The van der Waals surface area contributed by atoms with Crippen molar-refractivity contribution in [1.82, 2.24) is 9.88 Å². The first-order chi connectivity index (χ1) is 18.6. The van der Waals surface area contributed by atoms with Crippen LogP contribution in [0.15, 0.2) is 78.5 Å². The van der Waals surface area contributed by atoms with E-state index in [0.717, 1.165) is 22.0 Å². The minimum atomic E-state index is -0.834. The van der Waals surface area contributed by atoms with Crippen molar-refractivity contribution >= 4 is 28.4 Å². The first-order valence-corrected chi connectivity index (χ1v) is 12.9. The number of aliphatic hydroxyl groups is 1. The van der Waals surface area contributed by atoms with Crippen LogP contribution in [0.5, 0.6) is 11.5 Å². The van der Waals surface area contributed by atoms with Gasteiger partial charge in [-0.2, -0.15) is 0 Å². The van der Waals surface area contributed by atoms with Crippen molar-refractivity contribution in [3.63, 3.8) is 0 Å². The lowest BCUT2D eigenvalue weighted by molar-refractivity contribution is -0.139. The summed E-state index contributed by atoms with van der Waals surface area (Å²) in [5.41, 5.74) is 3.70. The number of hydrogen-bond donors (Lipinski definition) is 3. The van der Waals surface area contributed by atoms with Gasteiger partial charge in [-0.15, -0.1) is 0 Å². The summed E-state index contributed by atoms with van der Waals surface area (Å²) in [5, 5.41) is 22.6. The number of ether oxygens (including phenoxy) is 1. The van der Waals surface area contributed by atoms with E-state index in [4.69, 9.17) is 4.74 Å². The van der Waals surface area contributed by atoms with Gasteiger partial charge in [0, 0.05) is 23.6 Å². The molecule has 0 saturated carbocycles. The van der Waals surface area contributed by atoms with Crippen molar-refractivity contribution in [1.29, 1.82) is 0 Å². The molecule has 1 atom stereocenters. The second-order valence-corrected chi connectivity index (χ2v) is 10.9. The predicted octanol–water partition coefficient (Wildman–Crippen LogP) is 5.84. The molecule has 4 aromatic rings. The minimum Gasteiger partial charge on any atom is -0.508 e. The SMILES string of the molecule is COc1ccc(C(C)(C)C)cc1/C(O)=C1\C(=O)C(=O)N(CCc2c[nH]c3ccccc23)C1c1ccc(O)cc1. The van der Waals surface area contributed by atoms with Gasteiger partial charge in [-0.05, 0) is 58.9 Å². The van der Waals surface area contributed by atoms with Crippen LogP contribution >= 0.6 is 0 Å². The lowest BCUT2D eigenvalue weighted by Gasteiger charge is -2.26. The summed E-state index contributed by atoms with van der Waals surface area (Å²) in [6, 6.07) is 18.9. The van der Waals surface area contributed by atoms with E-state index in [9.17, 15) is 19.8 Å². The van der Waals surface area contributed by atoms with Crippen LogP contribution in [0.25, 0.3) is 16.7 Å². The van der Waals surface area contributed by atoms with Crippen LogP contribution in [0.1, 0.15) is 49.1 Å². The van der Waals surface area contributed by atoms with Crippen LogP contribution in [-0.4, -0.2) is 45.4 Å². The second-order valence-electron chi connectivity index (χ2n) is 10.9. The molecule has 1 saturated heterocycles. The molecule has 1 unspecified atom stereocenters. The molecule has 200 valence electrons. The number of para-hydroxylation sites is 1.